The normalized spacial score (nSPS) is 15.5. The van der Waals surface area contributed by atoms with Gasteiger partial charge in [-0.1, -0.05) is 31.4 Å². The molecule has 1 aromatic carbocycles. The number of nitrogens with zero attached hydrogens (tertiary/aromatic N) is 1. The number of H-pyrrole nitrogens is 1. The van der Waals surface area contributed by atoms with E-state index in [-0.39, 0.29) is 0 Å². The molecule has 0 aliphatic heterocycles. The molecule has 0 unspecified atom stereocenters. The molecule has 1 fully saturated rings. The monoisotopic (exact) mass is 400 g/mol. The maximum Gasteiger partial charge on any atom is 0.107 e. The number of halogens is 1. The summed E-state index contributed by atoms with van der Waals surface area (Å²) in [6.07, 6.45) is 9.51. The first kappa shape index (κ1) is 19.6. The predicted molar refractivity (Wildman–Crippen MR) is 115 cm³/mol. The van der Waals surface area contributed by atoms with E-state index in [0.717, 1.165) is 18.5 Å². The van der Waals surface area contributed by atoms with Crippen LogP contribution in [0.3, 0.4) is 0 Å². The van der Waals surface area contributed by atoms with Gasteiger partial charge >= 0.3 is 0 Å². The molecule has 1 aliphatic rings. The lowest BCUT2D eigenvalue weighted by atomic mass is 9.82. The molecule has 2 heterocycles. The van der Waals surface area contributed by atoms with Crippen molar-refractivity contribution < 1.29 is 9.78 Å². The van der Waals surface area contributed by atoms with Gasteiger partial charge in [-0.05, 0) is 54.5 Å². The number of fused-ring (bicyclic) bond motifs is 1. The molecule has 0 atom stereocenters. The largest absolute Gasteiger partial charge is 0.360 e. The zero-order valence-corrected chi connectivity index (χ0v) is 17.3. The fourth-order valence-corrected chi connectivity index (χ4v) is 4.78. The molecule has 0 spiro atoms. The highest BCUT2D eigenvalue weighted by atomic mass is 35.5. The van der Waals surface area contributed by atoms with Crippen LogP contribution in [0.15, 0.2) is 36.5 Å². The van der Waals surface area contributed by atoms with Crippen molar-refractivity contribution in [2.45, 2.75) is 57.6 Å². The van der Waals surface area contributed by atoms with E-state index in [1.165, 1.54) is 60.0 Å². The number of hydrogen-bond donors (Lipinski definition) is 1. The van der Waals surface area contributed by atoms with E-state index < -0.39 is 0 Å². The highest BCUT2D eigenvalue weighted by Gasteiger charge is 2.26. The maximum atomic E-state index is 6.08. The van der Waals surface area contributed by atoms with Crippen molar-refractivity contribution in [1.82, 2.24) is 9.55 Å². The minimum atomic E-state index is 0.448. The topological polar surface area (TPSA) is 39.2 Å². The predicted octanol–water partition coefficient (Wildman–Crippen LogP) is 6.39. The van der Waals surface area contributed by atoms with E-state index in [1.54, 1.807) is 7.11 Å². The Labute approximate surface area is 171 Å². The molecule has 0 amide bonds. The number of alkyl halides is 1. The Hall–Kier alpha value is -1.75. The van der Waals surface area contributed by atoms with Crippen LogP contribution in [0.5, 0.6) is 0 Å². The summed E-state index contributed by atoms with van der Waals surface area (Å²) in [7, 11) is 1.55. The van der Waals surface area contributed by atoms with Crippen LogP contribution in [0.25, 0.3) is 22.3 Å². The van der Waals surface area contributed by atoms with Crippen LogP contribution in [0, 0.1) is 0 Å². The lowest BCUT2D eigenvalue weighted by molar-refractivity contribution is -0.282. The van der Waals surface area contributed by atoms with Gasteiger partial charge in [-0.2, -0.15) is 0 Å². The number of nitrogens with one attached hydrogen (secondary N) is 1. The highest BCUT2D eigenvalue weighted by Crippen LogP contribution is 2.44. The molecular weight excluding hydrogens is 372 g/mol. The van der Waals surface area contributed by atoms with E-state index in [0.29, 0.717) is 18.4 Å². The summed E-state index contributed by atoms with van der Waals surface area (Å²) in [6, 6.07) is 11.0. The van der Waals surface area contributed by atoms with Gasteiger partial charge in [0.1, 0.15) is 6.61 Å². The van der Waals surface area contributed by atoms with Gasteiger partial charge in [-0.3, -0.25) is 0 Å². The Morgan fingerprint density at radius 2 is 2.04 bits per heavy atom. The minimum Gasteiger partial charge on any atom is -0.360 e. The second-order valence-corrected chi connectivity index (χ2v) is 8.03. The van der Waals surface area contributed by atoms with E-state index in [1.807, 2.05) is 6.20 Å². The van der Waals surface area contributed by atoms with Gasteiger partial charge in [0.25, 0.3) is 0 Å². The third kappa shape index (κ3) is 3.86. The molecule has 2 aromatic heterocycles. The zero-order valence-electron chi connectivity index (χ0n) is 16.5. The Balaban J connectivity index is 1.91. The van der Waals surface area contributed by atoms with Crippen LogP contribution >= 0.6 is 11.6 Å². The van der Waals surface area contributed by atoms with Crippen molar-refractivity contribution in [3.05, 3.63) is 47.7 Å². The fraction of sp³-hybridized carbons (Fsp3) is 0.478. The van der Waals surface area contributed by atoms with Crippen LogP contribution in [-0.4, -0.2) is 22.5 Å². The molecule has 0 saturated heterocycles. The van der Waals surface area contributed by atoms with Gasteiger partial charge in [-0.15, -0.1) is 11.6 Å². The molecule has 0 radical (unpaired) electrons. The maximum absolute atomic E-state index is 6.08. The average Bonchev–Trinajstić information content (AvgIpc) is 3.37. The molecule has 5 heteroatoms. The summed E-state index contributed by atoms with van der Waals surface area (Å²) < 4.78 is 2.46. The fourth-order valence-electron chi connectivity index (χ4n) is 4.66. The van der Waals surface area contributed by atoms with Crippen molar-refractivity contribution in [2.75, 3.05) is 13.0 Å². The molecule has 4 nitrogen and oxygen atoms in total. The van der Waals surface area contributed by atoms with Crippen LogP contribution in [0.2, 0.25) is 0 Å². The van der Waals surface area contributed by atoms with Crippen molar-refractivity contribution in [3.63, 3.8) is 0 Å². The Kier molecular flexibility index (Phi) is 6.40. The van der Waals surface area contributed by atoms with E-state index in [4.69, 9.17) is 21.4 Å². The first-order chi connectivity index (χ1) is 13.8. The summed E-state index contributed by atoms with van der Waals surface area (Å²) in [5, 5.41) is 1.37. The molecular formula is C23H29ClN2O2. The average molecular weight is 401 g/mol. The number of benzene rings is 1. The molecule has 1 saturated carbocycles. The van der Waals surface area contributed by atoms with Gasteiger partial charge in [0.05, 0.1) is 18.5 Å². The summed E-state index contributed by atoms with van der Waals surface area (Å²) in [5.74, 6) is 1.28. The summed E-state index contributed by atoms with van der Waals surface area (Å²) in [5.41, 5.74) is 6.42. The first-order valence-electron chi connectivity index (χ1n) is 10.3. The van der Waals surface area contributed by atoms with Gasteiger partial charge in [0.2, 0.25) is 0 Å². The van der Waals surface area contributed by atoms with Gasteiger partial charge in [-0.25, -0.2) is 9.78 Å². The number of aromatic amines is 1. The molecule has 3 aromatic rings. The first-order valence-corrected chi connectivity index (χ1v) is 10.9. The second kappa shape index (κ2) is 9.17. The van der Waals surface area contributed by atoms with Crippen molar-refractivity contribution in [2.24, 2.45) is 0 Å². The Morgan fingerprint density at radius 1 is 1.18 bits per heavy atom. The van der Waals surface area contributed by atoms with Crippen molar-refractivity contribution in [3.8, 4) is 11.4 Å². The molecule has 1 aliphatic carbocycles. The highest BCUT2D eigenvalue weighted by molar-refractivity contribution is 6.17. The quantitative estimate of drug-likeness (QED) is 0.270. The molecule has 0 bridgehead atoms. The second-order valence-electron chi connectivity index (χ2n) is 7.66. The van der Waals surface area contributed by atoms with E-state index in [2.05, 4.69) is 39.9 Å². The minimum absolute atomic E-state index is 0.448. The van der Waals surface area contributed by atoms with Crippen LogP contribution in [-0.2, 0) is 22.9 Å². The number of hydrogen-bond acceptors (Lipinski definition) is 2. The van der Waals surface area contributed by atoms with Crippen LogP contribution < -0.4 is 0 Å². The molecule has 28 heavy (non-hydrogen) atoms. The van der Waals surface area contributed by atoms with Gasteiger partial charge in [0.15, 0.2) is 0 Å². The van der Waals surface area contributed by atoms with Crippen molar-refractivity contribution >= 4 is 22.5 Å². The van der Waals surface area contributed by atoms with Gasteiger partial charge in [0, 0.05) is 29.5 Å². The summed E-state index contributed by atoms with van der Waals surface area (Å²) in [6.45, 7) is 1.36. The van der Waals surface area contributed by atoms with Crippen LogP contribution in [0.4, 0.5) is 0 Å². The lowest BCUT2D eigenvalue weighted by Gasteiger charge is -2.23. The van der Waals surface area contributed by atoms with E-state index >= 15 is 0 Å². The molecule has 4 rings (SSSR count). The number of aromatic nitrogens is 2. The zero-order chi connectivity index (χ0) is 19.3. The molecule has 150 valence electrons. The van der Waals surface area contributed by atoms with Crippen molar-refractivity contribution in [1.29, 1.82) is 0 Å². The molecule has 1 N–H and O–H groups in total. The van der Waals surface area contributed by atoms with Crippen LogP contribution in [0.1, 0.15) is 55.6 Å². The third-order valence-corrected chi connectivity index (χ3v) is 6.16. The SMILES string of the molecule is COOCc1ccc2c(C3CCCCC3)c(-c3ccc[nH]3)n(CCCCl)c2c1. The lowest BCUT2D eigenvalue weighted by Crippen LogP contribution is -2.07. The smallest absolute Gasteiger partial charge is 0.107 e. The summed E-state index contributed by atoms with van der Waals surface area (Å²) >= 11 is 6.08. The standard InChI is InChI=1S/C23H29ClN2O2/c1-27-28-16-17-10-11-19-21(15-17)26(14-6-12-24)23(20-9-5-13-25-20)22(19)18-7-3-2-4-8-18/h5,9-11,13,15,18,25H,2-4,6-8,12,14,16H2,1H3. The Morgan fingerprint density at radius 3 is 2.75 bits per heavy atom. The van der Waals surface area contributed by atoms with Gasteiger partial charge < -0.3 is 9.55 Å². The van der Waals surface area contributed by atoms with E-state index in [9.17, 15) is 0 Å². The number of aryl methyl sites for hydroxylation is 1. The Bertz CT molecular complexity index is 895. The third-order valence-electron chi connectivity index (χ3n) is 5.89. The number of rotatable bonds is 8. The summed E-state index contributed by atoms with van der Waals surface area (Å²) in [4.78, 5) is 13.4.